The molecule has 4 heterocycles. The van der Waals surface area contributed by atoms with Gasteiger partial charge in [-0.3, -0.25) is 4.79 Å². The van der Waals surface area contributed by atoms with Crippen LogP contribution in [0, 0.1) is 0 Å². The van der Waals surface area contributed by atoms with Crippen LogP contribution >= 0.6 is 11.3 Å². The molecule has 5 nitrogen and oxygen atoms in total. The van der Waals surface area contributed by atoms with Crippen molar-refractivity contribution in [2.45, 2.75) is 6.10 Å². The first-order valence-corrected chi connectivity index (χ1v) is 8.36. The SMILES string of the molecule is O=C(c1sccc1-n1cccc1)N1CCO[C@@H](c2ccco2)C1. The van der Waals surface area contributed by atoms with E-state index in [0.717, 1.165) is 16.3 Å². The highest BCUT2D eigenvalue weighted by Gasteiger charge is 2.29. The van der Waals surface area contributed by atoms with Gasteiger partial charge in [0.15, 0.2) is 0 Å². The second-order valence-corrected chi connectivity index (χ2v) is 6.27. The van der Waals surface area contributed by atoms with Gasteiger partial charge in [-0.05, 0) is 35.7 Å². The lowest BCUT2D eigenvalue weighted by molar-refractivity contribution is -0.0319. The Kier molecular flexibility index (Phi) is 3.77. The van der Waals surface area contributed by atoms with Gasteiger partial charge in [-0.15, -0.1) is 11.3 Å². The Bertz CT molecular complexity index is 777. The van der Waals surface area contributed by atoms with Gasteiger partial charge in [0.05, 0.1) is 25.1 Å². The predicted octanol–water partition coefficient (Wildman–Crippen LogP) is 3.35. The number of hydrogen-bond donors (Lipinski definition) is 0. The lowest BCUT2D eigenvalue weighted by Crippen LogP contribution is -2.42. The second-order valence-electron chi connectivity index (χ2n) is 5.35. The zero-order valence-corrected chi connectivity index (χ0v) is 13.2. The molecule has 0 aromatic carbocycles. The van der Waals surface area contributed by atoms with Crippen LogP contribution in [0.15, 0.2) is 58.8 Å². The number of ether oxygens (including phenoxy) is 1. The maximum absolute atomic E-state index is 12.9. The Labute approximate surface area is 137 Å². The Hall–Kier alpha value is -2.31. The number of thiophene rings is 1. The van der Waals surface area contributed by atoms with E-state index in [1.165, 1.54) is 11.3 Å². The van der Waals surface area contributed by atoms with Crippen LogP contribution in [-0.4, -0.2) is 35.1 Å². The number of hydrogen-bond acceptors (Lipinski definition) is 4. The fourth-order valence-electron chi connectivity index (χ4n) is 2.78. The zero-order valence-electron chi connectivity index (χ0n) is 12.4. The van der Waals surface area contributed by atoms with Crippen molar-refractivity contribution in [2.75, 3.05) is 19.7 Å². The van der Waals surface area contributed by atoms with Crippen molar-refractivity contribution in [3.05, 3.63) is 65.0 Å². The summed E-state index contributed by atoms with van der Waals surface area (Å²) in [6, 6.07) is 9.60. The molecule has 0 spiro atoms. The molecule has 1 saturated heterocycles. The highest BCUT2D eigenvalue weighted by molar-refractivity contribution is 7.12. The monoisotopic (exact) mass is 328 g/mol. The van der Waals surface area contributed by atoms with Gasteiger partial charge in [-0.1, -0.05) is 0 Å². The summed E-state index contributed by atoms with van der Waals surface area (Å²) in [5.74, 6) is 0.808. The average molecular weight is 328 g/mol. The average Bonchev–Trinajstić information content (AvgIpc) is 3.35. The number of aromatic nitrogens is 1. The number of rotatable bonds is 3. The second kappa shape index (κ2) is 6.06. The molecule has 3 aromatic rings. The van der Waals surface area contributed by atoms with Crippen LogP contribution in [0.3, 0.4) is 0 Å². The van der Waals surface area contributed by atoms with E-state index < -0.39 is 0 Å². The van der Waals surface area contributed by atoms with E-state index in [9.17, 15) is 4.79 Å². The van der Waals surface area contributed by atoms with Crippen molar-refractivity contribution in [2.24, 2.45) is 0 Å². The van der Waals surface area contributed by atoms with Crippen molar-refractivity contribution < 1.29 is 13.9 Å². The van der Waals surface area contributed by atoms with E-state index in [-0.39, 0.29) is 12.0 Å². The van der Waals surface area contributed by atoms with Crippen molar-refractivity contribution in [3.63, 3.8) is 0 Å². The third kappa shape index (κ3) is 2.71. The van der Waals surface area contributed by atoms with Gasteiger partial charge in [-0.2, -0.15) is 0 Å². The molecular formula is C17H16N2O3S. The van der Waals surface area contributed by atoms with E-state index in [4.69, 9.17) is 9.15 Å². The van der Waals surface area contributed by atoms with E-state index in [1.807, 2.05) is 57.6 Å². The number of carbonyl (C=O) groups is 1. The molecule has 4 rings (SSSR count). The van der Waals surface area contributed by atoms with Gasteiger partial charge >= 0.3 is 0 Å². The Morgan fingerprint density at radius 3 is 2.87 bits per heavy atom. The lowest BCUT2D eigenvalue weighted by atomic mass is 10.2. The summed E-state index contributed by atoms with van der Waals surface area (Å²) >= 11 is 1.47. The van der Waals surface area contributed by atoms with Crippen molar-refractivity contribution in [1.82, 2.24) is 9.47 Å². The maximum Gasteiger partial charge on any atom is 0.266 e. The standard InChI is InChI=1S/C17H16N2O3S/c20-17(16-13(5-11-23-16)18-6-1-2-7-18)19-8-10-22-15(12-19)14-4-3-9-21-14/h1-7,9,11,15H,8,10,12H2/t15-/m1/s1. The van der Waals surface area contributed by atoms with E-state index in [1.54, 1.807) is 6.26 Å². The van der Waals surface area contributed by atoms with E-state index >= 15 is 0 Å². The molecule has 0 N–H and O–H groups in total. The molecule has 1 fully saturated rings. The molecule has 6 heteroatoms. The van der Waals surface area contributed by atoms with Gasteiger partial charge in [-0.25, -0.2) is 0 Å². The van der Waals surface area contributed by atoms with E-state index in [2.05, 4.69) is 0 Å². The Morgan fingerprint density at radius 2 is 2.09 bits per heavy atom. The molecule has 0 aliphatic carbocycles. The van der Waals surface area contributed by atoms with Gasteiger partial charge in [0.25, 0.3) is 5.91 Å². The summed E-state index contributed by atoms with van der Waals surface area (Å²) in [5.41, 5.74) is 0.922. The summed E-state index contributed by atoms with van der Waals surface area (Å²) in [5, 5.41) is 1.95. The fraction of sp³-hybridized carbons (Fsp3) is 0.235. The van der Waals surface area contributed by atoms with Crippen LogP contribution < -0.4 is 0 Å². The van der Waals surface area contributed by atoms with Crippen LogP contribution in [-0.2, 0) is 4.74 Å². The summed E-state index contributed by atoms with van der Waals surface area (Å²) < 4.78 is 13.1. The Balaban J connectivity index is 1.56. The van der Waals surface area contributed by atoms with Crippen molar-refractivity contribution in [3.8, 4) is 5.69 Å². The summed E-state index contributed by atoms with van der Waals surface area (Å²) in [4.78, 5) is 15.5. The van der Waals surface area contributed by atoms with E-state index in [0.29, 0.717) is 19.7 Å². The van der Waals surface area contributed by atoms with Crippen molar-refractivity contribution >= 4 is 17.2 Å². The fourth-order valence-corrected chi connectivity index (χ4v) is 3.64. The van der Waals surface area contributed by atoms with Gasteiger partial charge in [0.2, 0.25) is 0 Å². The highest BCUT2D eigenvalue weighted by atomic mass is 32.1. The number of amides is 1. The normalized spacial score (nSPS) is 18.3. The summed E-state index contributed by atoms with van der Waals surface area (Å²) in [6.07, 6.45) is 5.33. The molecule has 1 aliphatic heterocycles. The molecule has 1 aliphatic rings. The molecule has 0 saturated carbocycles. The molecule has 23 heavy (non-hydrogen) atoms. The minimum atomic E-state index is -0.197. The number of furan rings is 1. The first kappa shape index (κ1) is 14.3. The predicted molar refractivity (Wildman–Crippen MR) is 87.0 cm³/mol. The third-order valence-corrected chi connectivity index (χ3v) is 4.83. The largest absolute Gasteiger partial charge is 0.467 e. The van der Waals surface area contributed by atoms with Gasteiger partial charge in [0.1, 0.15) is 16.7 Å². The quantitative estimate of drug-likeness (QED) is 0.741. The molecule has 1 amide bonds. The molecule has 1 atom stereocenters. The molecule has 0 unspecified atom stereocenters. The van der Waals surface area contributed by atoms with Gasteiger partial charge < -0.3 is 18.6 Å². The minimum Gasteiger partial charge on any atom is -0.467 e. The molecule has 0 bridgehead atoms. The number of carbonyl (C=O) groups excluding carboxylic acids is 1. The molecule has 0 radical (unpaired) electrons. The molecule has 3 aromatic heterocycles. The van der Waals surface area contributed by atoms with Crippen LogP contribution in [0.1, 0.15) is 21.5 Å². The van der Waals surface area contributed by atoms with Crippen LogP contribution in [0.25, 0.3) is 5.69 Å². The highest BCUT2D eigenvalue weighted by Crippen LogP contribution is 2.27. The number of nitrogens with zero attached hydrogens (tertiary/aromatic N) is 2. The Morgan fingerprint density at radius 1 is 1.22 bits per heavy atom. The molecular weight excluding hydrogens is 312 g/mol. The smallest absolute Gasteiger partial charge is 0.266 e. The van der Waals surface area contributed by atoms with Crippen LogP contribution in [0.4, 0.5) is 0 Å². The zero-order chi connectivity index (χ0) is 15.6. The summed E-state index contributed by atoms with van der Waals surface area (Å²) in [6.45, 7) is 1.62. The first-order valence-electron chi connectivity index (χ1n) is 7.48. The topological polar surface area (TPSA) is 47.6 Å². The lowest BCUT2D eigenvalue weighted by Gasteiger charge is -2.32. The summed E-state index contributed by atoms with van der Waals surface area (Å²) in [7, 11) is 0. The first-order chi connectivity index (χ1) is 11.3. The van der Waals surface area contributed by atoms with Crippen LogP contribution in [0.2, 0.25) is 0 Å². The number of morpholine rings is 1. The molecule has 118 valence electrons. The maximum atomic E-state index is 12.9. The van der Waals surface area contributed by atoms with Crippen LogP contribution in [0.5, 0.6) is 0 Å². The minimum absolute atomic E-state index is 0.0450. The third-order valence-electron chi connectivity index (χ3n) is 3.94. The van der Waals surface area contributed by atoms with Crippen molar-refractivity contribution in [1.29, 1.82) is 0 Å². The van der Waals surface area contributed by atoms with Gasteiger partial charge in [0, 0.05) is 18.9 Å².